The van der Waals surface area contributed by atoms with Crippen LogP contribution in [0.15, 0.2) is 24.3 Å². The van der Waals surface area contributed by atoms with Gasteiger partial charge in [0.15, 0.2) is 11.5 Å². The van der Waals surface area contributed by atoms with Crippen molar-refractivity contribution in [3.05, 3.63) is 29.8 Å². The number of para-hydroxylation sites is 1. The van der Waals surface area contributed by atoms with Crippen LogP contribution in [0.25, 0.3) is 6.08 Å². The van der Waals surface area contributed by atoms with Crippen LogP contribution in [0.4, 0.5) is 8.78 Å². The SMILES string of the molecule is NC(=O)/C=C\c1cccc2c1OC(F)(F)O2. The molecular formula is C10H7F2NO3. The van der Waals surface area contributed by atoms with Crippen LogP contribution in [0.1, 0.15) is 5.56 Å². The summed E-state index contributed by atoms with van der Waals surface area (Å²) in [6, 6.07) is 4.35. The molecule has 2 rings (SSSR count). The molecule has 1 aromatic rings. The maximum absolute atomic E-state index is 12.8. The average Bonchev–Trinajstić information content (AvgIpc) is 2.48. The average molecular weight is 227 g/mol. The number of alkyl halides is 2. The molecule has 0 radical (unpaired) electrons. The zero-order chi connectivity index (χ0) is 11.8. The smallest absolute Gasteiger partial charge is 0.395 e. The molecule has 1 aromatic carbocycles. The third-order valence-electron chi connectivity index (χ3n) is 1.89. The van der Waals surface area contributed by atoms with E-state index >= 15 is 0 Å². The number of rotatable bonds is 2. The van der Waals surface area contributed by atoms with E-state index in [1.807, 2.05) is 0 Å². The highest BCUT2D eigenvalue weighted by Crippen LogP contribution is 2.43. The zero-order valence-corrected chi connectivity index (χ0v) is 7.94. The van der Waals surface area contributed by atoms with Gasteiger partial charge in [0.1, 0.15) is 0 Å². The van der Waals surface area contributed by atoms with E-state index in [0.29, 0.717) is 5.56 Å². The molecule has 2 N–H and O–H groups in total. The molecule has 0 bridgehead atoms. The van der Waals surface area contributed by atoms with E-state index in [-0.39, 0.29) is 11.5 Å². The number of nitrogens with two attached hydrogens (primary N) is 1. The van der Waals surface area contributed by atoms with Gasteiger partial charge in [-0.1, -0.05) is 12.1 Å². The molecule has 4 nitrogen and oxygen atoms in total. The molecular weight excluding hydrogens is 220 g/mol. The fourth-order valence-corrected chi connectivity index (χ4v) is 1.29. The highest BCUT2D eigenvalue weighted by atomic mass is 19.3. The van der Waals surface area contributed by atoms with Gasteiger partial charge in [0.05, 0.1) is 0 Å². The summed E-state index contributed by atoms with van der Waals surface area (Å²) in [6.07, 6.45) is -1.33. The Labute approximate surface area is 89.3 Å². The predicted octanol–water partition coefficient (Wildman–Crippen LogP) is 1.51. The minimum absolute atomic E-state index is 0.0726. The van der Waals surface area contributed by atoms with Gasteiger partial charge in [-0.15, -0.1) is 8.78 Å². The van der Waals surface area contributed by atoms with Gasteiger partial charge in [-0.25, -0.2) is 0 Å². The van der Waals surface area contributed by atoms with E-state index < -0.39 is 12.2 Å². The van der Waals surface area contributed by atoms with E-state index in [4.69, 9.17) is 5.73 Å². The minimum Gasteiger partial charge on any atom is -0.395 e. The Kier molecular flexibility index (Phi) is 2.26. The van der Waals surface area contributed by atoms with E-state index in [9.17, 15) is 13.6 Å². The van der Waals surface area contributed by atoms with Crippen molar-refractivity contribution in [2.45, 2.75) is 6.29 Å². The second-order valence-corrected chi connectivity index (χ2v) is 3.08. The number of halogens is 2. The van der Waals surface area contributed by atoms with Crippen LogP contribution in [-0.2, 0) is 4.79 Å². The molecule has 0 aliphatic carbocycles. The van der Waals surface area contributed by atoms with Crippen LogP contribution >= 0.6 is 0 Å². The lowest BCUT2D eigenvalue weighted by molar-refractivity contribution is -0.286. The number of amides is 1. The summed E-state index contributed by atoms with van der Waals surface area (Å²) in [5.41, 5.74) is 5.19. The quantitative estimate of drug-likeness (QED) is 0.779. The summed E-state index contributed by atoms with van der Waals surface area (Å²) in [4.78, 5) is 10.5. The Bertz CT molecular complexity index is 471. The van der Waals surface area contributed by atoms with Crippen molar-refractivity contribution in [2.75, 3.05) is 0 Å². The van der Waals surface area contributed by atoms with Gasteiger partial charge in [0.2, 0.25) is 5.91 Å². The van der Waals surface area contributed by atoms with Crippen LogP contribution < -0.4 is 15.2 Å². The maximum atomic E-state index is 12.8. The van der Waals surface area contributed by atoms with Crippen LogP contribution in [0.5, 0.6) is 11.5 Å². The fourth-order valence-electron chi connectivity index (χ4n) is 1.29. The molecule has 0 spiro atoms. The third-order valence-corrected chi connectivity index (χ3v) is 1.89. The Morgan fingerprint density at radius 3 is 2.81 bits per heavy atom. The van der Waals surface area contributed by atoms with Crippen LogP contribution in [0, 0.1) is 0 Å². The second kappa shape index (κ2) is 3.48. The molecule has 1 heterocycles. The first-order valence-electron chi connectivity index (χ1n) is 4.34. The fraction of sp³-hybridized carbons (Fsp3) is 0.100. The predicted molar refractivity (Wildman–Crippen MR) is 50.9 cm³/mol. The second-order valence-electron chi connectivity index (χ2n) is 3.08. The van der Waals surface area contributed by atoms with Crippen molar-refractivity contribution in [3.8, 4) is 11.5 Å². The van der Waals surface area contributed by atoms with Gasteiger partial charge in [0.25, 0.3) is 0 Å². The Morgan fingerprint density at radius 2 is 2.12 bits per heavy atom. The van der Waals surface area contributed by atoms with Crippen molar-refractivity contribution in [1.82, 2.24) is 0 Å². The maximum Gasteiger partial charge on any atom is 0.586 e. The van der Waals surface area contributed by atoms with Crippen molar-refractivity contribution >= 4 is 12.0 Å². The standard InChI is InChI=1S/C10H7F2NO3/c11-10(12)15-7-3-1-2-6(9(7)16-10)4-5-8(13)14/h1-5H,(H2,13,14)/b5-4-. The molecule has 0 atom stereocenters. The van der Waals surface area contributed by atoms with Crippen molar-refractivity contribution in [1.29, 1.82) is 0 Å². The molecule has 0 fully saturated rings. The number of carbonyl (C=O) groups excluding carboxylic acids is 1. The van der Waals surface area contributed by atoms with Crippen LogP contribution in [-0.4, -0.2) is 12.2 Å². The first-order valence-corrected chi connectivity index (χ1v) is 4.34. The third kappa shape index (κ3) is 1.95. The molecule has 1 amide bonds. The number of fused-ring (bicyclic) bond motifs is 1. The minimum atomic E-state index is -3.67. The highest BCUT2D eigenvalue weighted by Gasteiger charge is 2.44. The number of ether oxygens (including phenoxy) is 2. The van der Waals surface area contributed by atoms with Gasteiger partial charge < -0.3 is 15.2 Å². The summed E-state index contributed by atoms with van der Waals surface area (Å²) in [5.74, 6) is -0.857. The van der Waals surface area contributed by atoms with Gasteiger partial charge in [0, 0.05) is 11.6 Å². The van der Waals surface area contributed by atoms with E-state index in [1.54, 1.807) is 0 Å². The first-order chi connectivity index (χ1) is 7.48. The number of benzene rings is 1. The summed E-state index contributed by atoms with van der Waals surface area (Å²) in [6.45, 7) is 0. The molecule has 1 aliphatic rings. The molecule has 0 saturated carbocycles. The highest BCUT2D eigenvalue weighted by molar-refractivity contribution is 5.90. The molecule has 16 heavy (non-hydrogen) atoms. The lowest BCUT2D eigenvalue weighted by atomic mass is 10.1. The number of hydrogen-bond donors (Lipinski definition) is 1. The van der Waals surface area contributed by atoms with Gasteiger partial charge in [-0.2, -0.15) is 0 Å². The van der Waals surface area contributed by atoms with Gasteiger partial charge >= 0.3 is 6.29 Å². The normalized spacial score (nSPS) is 16.6. The Balaban J connectivity index is 2.37. The molecule has 6 heteroatoms. The lowest BCUT2D eigenvalue weighted by Crippen LogP contribution is -2.26. The largest absolute Gasteiger partial charge is 0.586 e. The van der Waals surface area contributed by atoms with E-state index in [0.717, 1.165) is 6.08 Å². The molecule has 1 aliphatic heterocycles. The molecule has 0 unspecified atom stereocenters. The van der Waals surface area contributed by atoms with Gasteiger partial charge in [-0.05, 0) is 12.1 Å². The van der Waals surface area contributed by atoms with Crippen molar-refractivity contribution in [3.63, 3.8) is 0 Å². The lowest BCUT2D eigenvalue weighted by Gasteiger charge is -2.05. The van der Waals surface area contributed by atoms with Crippen molar-refractivity contribution in [2.24, 2.45) is 5.73 Å². The topological polar surface area (TPSA) is 61.6 Å². The summed E-state index contributed by atoms with van der Waals surface area (Å²) in [7, 11) is 0. The Morgan fingerprint density at radius 1 is 1.38 bits per heavy atom. The summed E-state index contributed by atoms with van der Waals surface area (Å²) < 4.78 is 34.0. The monoisotopic (exact) mass is 227 g/mol. The summed E-state index contributed by atoms with van der Waals surface area (Å²) >= 11 is 0. The zero-order valence-electron chi connectivity index (χ0n) is 7.94. The van der Waals surface area contributed by atoms with Gasteiger partial charge in [-0.3, -0.25) is 4.79 Å². The van der Waals surface area contributed by atoms with Crippen molar-refractivity contribution < 1.29 is 23.0 Å². The Hall–Kier alpha value is -2.11. The van der Waals surface area contributed by atoms with Crippen LogP contribution in [0.3, 0.4) is 0 Å². The van der Waals surface area contributed by atoms with E-state index in [1.165, 1.54) is 24.3 Å². The van der Waals surface area contributed by atoms with Crippen LogP contribution in [0.2, 0.25) is 0 Å². The number of primary amides is 1. The number of carbonyl (C=O) groups is 1. The first kappa shape index (κ1) is 10.4. The molecule has 84 valence electrons. The number of hydrogen-bond acceptors (Lipinski definition) is 3. The molecule has 0 aromatic heterocycles. The summed E-state index contributed by atoms with van der Waals surface area (Å²) in [5, 5.41) is 0. The van der Waals surface area contributed by atoms with E-state index in [2.05, 4.69) is 9.47 Å². The molecule has 0 saturated heterocycles.